The molecule has 3 N–H and O–H groups in total. The van der Waals surface area contributed by atoms with Crippen molar-refractivity contribution < 1.29 is 9.18 Å². The lowest BCUT2D eigenvalue weighted by molar-refractivity contribution is 0.102. The minimum atomic E-state index is -0.579. The van der Waals surface area contributed by atoms with Gasteiger partial charge in [-0.25, -0.2) is 9.49 Å². The number of carbonyl (C=O) groups excluding carboxylic acids is 1. The third-order valence-corrected chi connectivity index (χ3v) is 6.58. The molecule has 0 aliphatic carbocycles. The molecule has 1 amide bonds. The average Bonchev–Trinajstić information content (AvgIpc) is 3.27. The van der Waals surface area contributed by atoms with Crippen LogP contribution in [-0.4, -0.2) is 44.4 Å². The van der Waals surface area contributed by atoms with Gasteiger partial charge < -0.3 is 10.6 Å². The summed E-state index contributed by atoms with van der Waals surface area (Å²) in [6.07, 6.45) is 0. The average molecular weight is 516 g/mol. The van der Waals surface area contributed by atoms with E-state index in [-0.39, 0.29) is 16.8 Å². The highest BCUT2D eigenvalue weighted by atomic mass is 19.1. The first kappa shape index (κ1) is 25.3. The van der Waals surface area contributed by atoms with E-state index in [0.717, 1.165) is 30.9 Å². The molecule has 0 unspecified atom stereocenters. The van der Waals surface area contributed by atoms with Gasteiger partial charge in [0.25, 0.3) is 11.5 Å². The Hall–Kier alpha value is -4.31. The minimum absolute atomic E-state index is 0.0146. The number of hydrogen-bond donors (Lipinski definition) is 3. The highest BCUT2D eigenvalue weighted by Gasteiger charge is 2.18. The maximum Gasteiger partial charge on any atom is 0.287 e. The molecule has 1 aliphatic rings. The van der Waals surface area contributed by atoms with Crippen LogP contribution in [0.15, 0.2) is 59.4 Å². The molecule has 9 nitrogen and oxygen atoms in total. The fraction of sp³-hybridized carbons (Fsp3) is 0.286. The number of aromatic nitrogens is 4. The van der Waals surface area contributed by atoms with E-state index in [2.05, 4.69) is 51.6 Å². The molecule has 0 radical (unpaired) electrons. The zero-order valence-corrected chi connectivity index (χ0v) is 21.8. The van der Waals surface area contributed by atoms with Gasteiger partial charge >= 0.3 is 0 Å². The lowest BCUT2D eigenvalue weighted by Crippen LogP contribution is -2.30. The maximum atomic E-state index is 14.6. The lowest BCUT2D eigenvalue weighted by atomic mass is 9.87. The number of halogens is 1. The van der Waals surface area contributed by atoms with Crippen molar-refractivity contribution in [2.75, 3.05) is 24.2 Å². The van der Waals surface area contributed by atoms with Crippen LogP contribution in [0.1, 0.15) is 42.4 Å². The van der Waals surface area contributed by atoms with Gasteiger partial charge in [0.15, 0.2) is 5.82 Å². The summed E-state index contributed by atoms with van der Waals surface area (Å²) in [5, 5.41) is 16.9. The van der Waals surface area contributed by atoms with Gasteiger partial charge in [0.1, 0.15) is 11.5 Å². The molecule has 38 heavy (non-hydrogen) atoms. The molecule has 2 aromatic heterocycles. The number of fused-ring (bicyclic) bond motifs is 1. The molecule has 10 heteroatoms. The van der Waals surface area contributed by atoms with Crippen molar-refractivity contribution in [1.82, 2.24) is 24.9 Å². The topological polar surface area (TPSA) is 108 Å². The second kappa shape index (κ2) is 9.86. The quantitative estimate of drug-likeness (QED) is 0.361. The minimum Gasteiger partial charge on any atom is -0.334 e. The number of rotatable bonds is 5. The fourth-order valence-corrected chi connectivity index (χ4v) is 4.34. The third kappa shape index (κ3) is 5.35. The Kier molecular flexibility index (Phi) is 6.58. The van der Waals surface area contributed by atoms with E-state index in [4.69, 9.17) is 0 Å². The van der Waals surface area contributed by atoms with Gasteiger partial charge in [0.05, 0.1) is 23.6 Å². The van der Waals surface area contributed by atoms with Crippen molar-refractivity contribution in [3.63, 3.8) is 0 Å². The summed E-state index contributed by atoms with van der Waals surface area (Å²) in [6.45, 7) is 8.73. The van der Waals surface area contributed by atoms with E-state index >= 15 is 0 Å². The molecule has 196 valence electrons. The molecule has 1 aliphatic heterocycles. The smallest absolute Gasteiger partial charge is 0.287 e. The van der Waals surface area contributed by atoms with Crippen LogP contribution in [0.2, 0.25) is 0 Å². The Morgan fingerprint density at radius 1 is 1.03 bits per heavy atom. The normalized spacial score (nSPS) is 13.7. The number of nitrogens with zero attached hydrogens (tertiary/aromatic N) is 4. The third-order valence-electron chi connectivity index (χ3n) is 6.58. The summed E-state index contributed by atoms with van der Waals surface area (Å²) in [4.78, 5) is 27.5. The molecule has 3 heterocycles. The van der Waals surface area contributed by atoms with Crippen LogP contribution in [0.5, 0.6) is 0 Å². The number of H-pyrrole nitrogens is 1. The summed E-state index contributed by atoms with van der Waals surface area (Å²) in [7, 11) is 2.05. The van der Waals surface area contributed by atoms with Crippen molar-refractivity contribution in [2.24, 2.45) is 0 Å². The largest absolute Gasteiger partial charge is 0.334 e. The molecule has 0 atom stereocenters. The molecule has 0 fully saturated rings. The van der Waals surface area contributed by atoms with E-state index in [1.54, 1.807) is 24.3 Å². The lowest BCUT2D eigenvalue weighted by Gasteiger charge is -2.22. The number of anilines is 3. The first-order valence-electron chi connectivity index (χ1n) is 12.4. The summed E-state index contributed by atoms with van der Waals surface area (Å²) in [6, 6.07) is 15.0. The standard InChI is InChI=1S/C28H30FN7O2/c1-28(2,3)19-8-5-17(6-9-19)26(37)31-23-13-18(7-10-21(23)29)22-15-24(27(38)33-32-22)30-25-14-20-16-35(4)11-12-36(20)34-25/h5-10,13-15H,11-12,16H2,1-4H3,(H,31,37)(H,33,38)(H,30,32,34). The Morgan fingerprint density at radius 3 is 2.53 bits per heavy atom. The Morgan fingerprint density at radius 2 is 1.79 bits per heavy atom. The number of aromatic amines is 1. The highest BCUT2D eigenvalue weighted by molar-refractivity contribution is 6.04. The van der Waals surface area contributed by atoms with E-state index in [0.29, 0.717) is 22.6 Å². The maximum absolute atomic E-state index is 14.6. The zero-order valence-electron chi connectivity index (χ0n) is 21.8. The number of likely N-dealkylation sites (N-methyl/N-ethyl adjacent to an activating group) is 1. The van der Waals surface area contributed by atoms with E-state index in [1.807, 2.05) is 29.9 Å². The number of nitrogens with one attached hydrogen (secondary N) is 3. The fourth-order valence-electron chi connectivity index (χ4n) is 4.34. The molecular weight excluding hydrogens is 485 g/mol. The monoisotopic (exact) mass is 515 g/mol. The molecule has 4 aromatic rings. The predicted octanol–water partition coefficient (Wildman–Crippen LogP) is 4.51. The van der Waals surface area contributed by atoms with Crippen LogP contribution >= 0.6 is 0 Å². The van der Waals surface area contributed by atoms with Crippen molar-refractivity contribution in [3.05, 3.63) is 87.6 Å². The summed E-state index contributed by atoms with van der Waals surface area (Å²) >= 11 is 0. The van der Waals surface area contributed by atoms with Gasteiger partial charge in [-0.05, 0) is 54.4 Å². The summed E-state index contributed by atoms with van der Waals surface area (Å²) in [5.41, 5.74) is 3.32. The Bertz CT molecular complexity index is 1550. The molecule has 0 bridgehead atoms. The van der Waals surface area contributed by atoms with Gasteiger partial charge in [-0.15, -0.1) is 0 Å². The highest BCUT2D eigenvalue weighted by Crippen LogP contribution is 2.27. The van der Waals surface area contributed by atoms with E-state index in [9.17, 15) is 14.0 Å². The second-order valence-electron chi connectivity index (χ2n) is 10.6. The zero-order chi connectivity index (χ0) is 27.0. The Labute approximate surface area is 219 Å². The predicted molar refractivity (Wildman–Crippen MR) is 145 cm³/mol. The van der Waals surface area contributed by atoms with Gasteiger partial charge in [-0.1, -0.05) is 32.9 Å². The number of hydrogen-bond acceptors (Lipinski definition) is 6. The molecular formula is C28H30FN7O2. The van der Waals surface area contributed by atoms with Crippen molar-refractivity contribution in [2.45, 2.75) is 39.3 Å². The molecule has 0 saturated carbocycles. The molecule has 5 rings (SSSR count). The summed E-state index contributed by atoms with van der Waals surface area (Å²) in [5.74, 6) is -0.445. The summed E-state index contributed by atoms with van der Waals surface area (Å²) < 4.78 is 16.6. The van der Waals surface area contributed by atoms with Crippen LogP contribution < -0.4 is 16.2 Å². The van der Waals surface area contributed by atoms with Crippen LogP contribution in [0, 0.1) is 5.82 Å². The number of benzene rings is 2. The van der Waals surface area contributed by atoms with E-state index < -0.39 is 17.3 Å². The van der Waals surface area contributed by atoms with Gasteiger partial charge in [-0.3, -0.25) is 19.2 Å². The molecule has 0 spiro atoms. The molecule has 2 aromatic carbocycles. The SMILES string of the molecule is CN1CCn2nc(Nc3cc(-c4ccc(F)c(NC(=O)c5ccc(C(C)(C)C)cc5)c4)n[nH]c3=O)cc2C1. The van der Waals surface area contributed by atoms with Crippen molar-refractivity contribution in [3.8, 4) is 11.3 Å². The van der Waals surface area contributed by atoms with Crippen LogP contribution in [0.4, 0.5) is 21.6 Å². The van der Waals surface area contributed by atoms with Crippen LogP contribution in [-0.2, 0) is 18.5 Å². The van der Waals surface area contributed by atoms with Gasteiger partial charge in [0.2, 0.25) is 0 Å². The van der Waals surface area contributed by atoms with E-state index in [1.165, 1.54) is 12.1 Å². The Balaban J connectivity index is 1.37. The van der Waals surface area contributed by atoms with Crippen molar-refractivity contribution >= 4 is 23.1 Å². The van der Waals surface area contributed by atoms with Crippen molar-refractivity contribution in [1.29, 1.82) is 0 Å². The molecule has 0 saturated heterocycles. The van der Waals surface area contributed by atoms with Gasteiger partial charge in [0, 0.05) is 30.3 Å². The first-order valence-corrected chi connectivity index (χ1v) is 12.4. The van der Waals surface area contributed by atoms with Crippen LogP contribution in [0.25, 0.3) is 11.3 Å². The second-order valence-corrected chi connectivity index (χ2v) is 10.6. The first-order chi connectivity index (χ1) is 18.1. The number of carbonyl (C=O) groups is 1. The van der Waals surface area contributed by atoms with Crippen LogP contribution in [0.3, 0.4) is 0 Å². The number of amides is 1. The van der Waals surface area contributed by atoms with Gasteiger partial charge in [-0.2, -0.15) is 10.2 Å².